The average molecular weight is 224 g/mol. The number of thioether (sulfide) groups is 1. The average Bonchev–Trinajstić information content (AvgIpc) is 2.14. The van der Waals surface area contributed by atoms with Crippen LogP contribution in [-0.2, 0) is 4.74 Å². The van der Waals surface area contributed by atoms with Gasteiger partial charge in [0.25, 0.3) is 0 Å². The minimum Gasteiger partial charge on any atom is -0.391 e. The summed E-state index contributed by atoms with van der Waals surface area (Å²) in [5.41, 5.74) is -0.618. The molecular weight excluding hydrogens is 208 g/mol. The second-order valence-electron chi connectivity index (χ2n) is 3.42. The Bertz CT molecular complexity index is 187. The fourth-order valence-corrected chi connectivity index (χ4v) is 2.15. The maximum atomic E-state index is 9.49. The Labute approximate surface area is 86.7 Å². The van der Waals surface area contributed by atoms with E-state index in [4.69, 9.17) is 4.74 Å². The minimum absolute atomic E-state index is 0.618. The molecule has 6 atom stereocenters. The normalized spacial score (nSPS) is 46.3. The molecule has 1 aliphatic rings. The summed E-state index contributed by atoms with van der Waals surface area (Å²) < 4.78 is 5.24. The van der Waals surface area contributed by atoms with Crippen molar-refractivity contribution >= 4 is 11.8 Å². The molecule has 14 heavy (non-hydrogen) atoms. The molecule has 6 heteroatoms. The zero-order valence-corrected chi connectivity index (χ0v) is 8.89. The molecule has 0 amide bonds. The first-order valence-corrected chi connectivity index (χ1v) is 5.68. The van der Waals surface area contributed by atoms with Gasteiger partial charge in [-0.2, -0.15) is 0 Å². The molecule has 0 radical (unpaired) electrons. The summed E-state index contributed by atoms with van der Waals surface area (Å²) >= 11 is 1.23. The van der Waals surface area contributed by atoms with Gasteiger partial charge in [0.2, 0.25) is 0 Å². The molecule has 1 saturated heterocycles. The lowest BCUT2D eigenvalue weighted by Gasteiger charge is -2.41. The van der Waals surface area contributed by atoms with Crippen LogP contribution in [0.3, 0.4) is 0 Å². The van der Waals surface area contributed by atoms with Gasteiger partial charge in [-0.1, -0.05) is 0 Å². The maximum absolute atomic E-state index is 9.49. The van der Waals surface area contributed by atoms with Crippen LogP contribution in [0.15, 0.2) is 0 Å². The van der Waals surface area contributed by atoms with Gasteiger partial charge in [-0.3, -0.25) is 0 Å². The second kappa shape index (κ2) is 4.78. The minimum atomic E-state index is -1.28. The predicted molar refractivity (Wildman–Crippen MR) is 51.9 cm³/mol. The van der Waals surface area contributed by atoms with Crippen LogP contribution in [0.4, 0.5) is 0 Å². The molecule has 0 aromatic rings. The van der Waals surface area contributed by atoms with Gasteiger partial charge < -0.3 is 25.2 Å². The summed E-state index contributed by atoms with van der Waals surface area (Å²) in [5.74, 6) is 0. The summed E-state index contributed by atoms with van der Waals surface area (Å²) in [5, 5.41) is 37.7. The lowest BCUT2D eigenvalue weighted by Crippen LogP contribution is -2.59. The van der Waals surface area contributed by atoms with Crippen molar-refractivity contribution in [2.75, 3.05) is 6.26 Å². The lowest BCUT2D eigenvalue weighted by atomic mass is 9.97. The summed E-state index contributed by atoms with van der Waals surface area (Å²) in [6.07, 6.45) is -3.69. The summed E-state index contributed by atoms with van der Waals surface area (Å²) in [6.45, 7) is 1.47. The van der Waals surface area contributed by atoms with Gasteiger partial charge in [-0.25, -0.2) is 0 Å². The van der Waals surface area contributed by atoms with Crippen molar-refractivity contribution in [2.45, 2.75) is 42.9 Å². The van der Waals surface area contributed by atoms with Gasteiger partial charge in [0, 0.05) is 0 Å². The van der Waals surface area contributed by atoms with Crippen LogP contribution in [0.25, 0.3) is 0 Å². The Kier molecular flexibility index (Phi) is 4.17. The highest BCUT2D eigenvalue weighted by Crippen LogP contribution is 2.28. The number of aliphatic hydroxyl groups is 4. The second-order valence-corrected chi connectivity index (χ2v) is 4.35. The van der Waals surface area contributed by atoms with Gasteiger partial charge in [0.05, 0.1) is 6.10 Å². The largest absolute Gasteiger partial charge is 0.391 e. The molecule has 1 heterocycles. The van der Waals surface area contributed by atoms with Crippen molar-refractivity contribution in [3.63, 3.8) is 0 Å². The molecule has 1 unspecified atom stereocenters. The monoisotopic (exact) mass is 224 g/mol. The maximum Gasteiger partial charge on any atom is 0.132 e. The predicted octanol–water partition coefficient (Wildman–Crippen LogP) is -1.46. The van der Waals surface area contributed by atoms with Crippen LogP contribution in [-0.4, -0.2) is 62.6 Å². The first-order valence-electron chi connectivity index (χ1n) is 4.39. The molecule has 0 spiro atoms. The van der Waals surface area contributed by atoms with Crippen LogP contribution < -0.4 is 0 Å². The van der Waals surface area contributed by atoms with Gasteiger partial charge in [-0.15, -0.1) is 11.8 Å². The van der Waals surface area contributed by atoms with E-state index >= 15 is 0 Å². The third-order valence-electron chi connectivity index (χ3n) is 2.31. The number of ether oxygens (including phenoxy) is 1. The van der Waals surface area contributed by atoms with Crippen LogP contribution in [0.1, 0.15) is 6.92 Å². The van der Waals surface area contributed by atoms with E-state index in [-0.39, 0.29) is 0 Å². The molecule has 0 aliphatic carbocycles. The van der Waals surface area contributed by atoms with E-state index in [1.807, 2.05) is 0 Å². The van der Waals surface area contributed by atoms with E-state index in [0.29, 0.717) is 0 Å². The molecule has 84 valence electrons. The van der Waals surface area contributed by atoms with Gasteiger partial charge in [0.15, 0.2) is 0 Å². The molecule has 0 aromatic heterocycles. The quantitative estimate of drug-likeness (QED) is 0.458. The molecule has 0 aromatic carbocycles. The number of aliphatic hydroxyl groups excluding tert-OH is 4. The Balaban J connectivity index is 2.73. The van der Waals surface area contributed by atoms with Gasteiger partial charge in [0.1, 0.15) is 29.9 Å². The zero-order chi connectivity index (χ0) is 10.9. The highest BCUT2D eigenvalue weighted by Gasteiger charge is 2.44. The first kappa shape index (κ1) is 12.2. The molecule has 1 rings (SSSR count). The van der Waals surface area contributed by atoms with Crippen molar-refractivity contribution in [3.8, 4) is 0 Å². The molecule has 4 N–H and O–H groups in total. The Morgan fingerprint density at radius 3 is 2.14 bits per heavy atom. The van der Waals surface area contributed by atoms with Crippen LogP contribution in [0, 0.1) is 0 Å². The number of rotatable bonds is 2. The summed E-state index contributed by atoms with van der Waals surface area (Å²) in [4.78, 5) is 0. The van der Waals surface area contributed by atoms with Gasteiger partial charge >= 0.3 is 0 Å². The number of hydrogen-bond donors (Lipinski definition) is 4. The van der Waals surface area contributed by atoms with E-state index in [1.165, 1.54) is 18.7 Å². The molecule has 0 bridgehead atoms. The Morgan fingerprint density at radius 2 is 1.71 bits per heavy atom. The van der Waals surface area contributed by atoms with E-state index < -0.39 is 36.0 Å². The Morgan fingerprint density at radius 1 is 1.14 bits per heavy atom. The van der Waals surface area contributed by atoms with E-state index in [9.17, 15) is 20.4 Å². The molecule has 1 fully saturated rings. The molecule has 5 nitrogen and oxygen atoms in total. The van der Waals surface area contributed by atoms with E-state index in [1.54, 1.807) is 6.26 Å². The van der Waals surface area contributed by atoms with Crippen LogP contribution in [0.2, 0.25) is 0 Å². The smallest absolute Gasteiger partial charge is 0.132 e. The third kappa shape index (κ3) is 2.21. The van der Waals surface area contributed by atoms with Crippen molar-refractivity contribution in [1.82, 2.24) is 0 Å². The van der Waals surface area contributed by atoms with Gasteiger partial charge in [-0.05, 0) is 13.2 Å². The number of hydrogen-bond acceptors (Lipinski definition) is 6. The van der Waals surface area contributed by atoms with E-state index in [2.05, 4.69) is 0 Å². The Hall–Kier alpha value is 0.150. The topological polar surface area (TPSA) is 90.2 Å². The summed E-state index contributed by atoms with van der Waals surface area (Å²) in [7, 11) is 0. The molecule has 1 aliphatic heterocycles. The SMILES string of the molecule is CS[C@H]1O[C@@H](C(C)O)[C@H](O)[C@@H](O)[C@@H]1O. The van der Waals surface area contributed by atoms with Crippen molar-refractivity contribution in [2.24, 2.45) is 0 Å². The summed E-state index contributed by atoms with van der Waals surface area (Å²) in [6, 6.07) is 0. The highest BCUT2D eigenvalue weighted by molar-refractivity contribution is 7.99. The third-order valence-corrected chi connectivity index (χ3v) is 3.17. The first-order chi connectivity index (χ1) is 6.49. The fourth-order valence-electron chi connectivity index (χ4n) is 1.47. The zero-order valence-electron chi connectivity index (χ0n) is 8.07. The lowest BCUT2D eigenvalue weighted by molar-refractivity contribution is -0.218. The van der Waals surface area contributed by atoms with Crippen molar-refractivity contribution in [3.05, 3.63) is 0 Å². The fraction of sp³-hybridized carbons (Fsp3) is 1.00. The van der Waals surface area contributed by atoms with E-state index in [0.717, 1.165) is 0 Å². The van der Waals surface area contributed by atoms with Crippen LogP contribution >= 0.6 is 11.8 Å². The van der Waals surface area contributed by atoms with Crippen molar-refractivity contribution < 1.29 is 25.2 Å². The molecular formula is C8H16O5S. The standard InChI is InChI=1S/C8H16O5S/c1-3(9)7-5(11)4(10)6(12)8(13-7)14-2/h3-12H,1-2H3/t3?,4-,5-,6+,7+,8-/m1/s1. The van der Waals surface area contributed by atoms with Crippen LogP contribution in [0.5, 0.6) is 0 Å². The highest BCUT2D eigenvalue weighted by atomic mass is 32.2. The molecule has 0 saturated carbocycles. The van der Waals surface area contributed by atoms with Crippen molar-refractivity contribution in [1.29, 1.82) is 0 Å².